The van der Waals surface area contributed by atoms with Crippen LogP contribution in [0.1, 0.15) is 37.3 Å². The number of carbonyl (C=O) groups is 3. The van der Waals surface area contributed by atoms with Gasteiger partial charge in [-0.2, -0.15) is 0 Å². The van der Waals surface area contributed by atoms with Crippen molar-refractivity contribution in [2.45, 2.75) is 51.3 Å². The summed E-state index contributed by atoms with van der Waals surface area (Å²) in [4.78, 5) is 36.9. The highest BCUT2D eigenvalue weighted by Crippen LogP contribution is 2.12. The number of benzene rings is 2. The zero-order valence-electron chi connectivity index (χ0n) is 17.5. The highest BCUT2D eigenvalue weighted by Gasteiger charge is 2.26. The van der Waals surface area contributed by atoms with Crippen LogP contribution >= 0.6 is 0 Å². The molecule has 0 saturated heterocycles. The molecule has 2 rings (SSSR count). The number of rotatable bonds is 11. The number of carboxylic acid groups (broad SMARTS) is 1. The minimum absolute atomic E-state index is 0.0945. The van der Waals surface area contributed by atoms with Crippen LogP contribution in [0.25, 0.3) is 0 Å². The average Bonchev–Trinajstić information content (AvgIpc) is 2.76. The summed E-state index contributed by atoms with van der Waals surface area (Å²) < 4.78 is 0. The number of unbranched alkanes of at least 4 members (excludes halogenated alkanes) is 1. The number of nitrogens with one attached hydrogen (secondary N) is 3. The maximum absolute atomic E-state index is 12.9. The Balaban J connectivity index is 2.10. The zero-order valence-corrected chi connectivity index (χ0v) is 17.5. The van der Waals surface area contributed by atoms with Crippen molar-refractivity contribution in [3.8, 4) is 0 Å². The fourth-order valence-electron chi connectivity index (χ4n) is 3.08. The first kappa shape index (κ1) is 23.9. The number of aliphatic hydroxyl groups is 1. The largest absolute Gasteiger partial charge is 0.465 e. The fraction of sp³-hybridized carbons (Fsp3) is 0.348. The van der Waals surface area contributed by atoms with E-state index in [9.17, 15) is 14.4 Å². The zero-order chi connectivity index (χ0) is 22.6. The van der Waals surface area contributed by atoms with Crippen LogP contribution in [-0.4, -0.2) is 40.2 Å². The second-order valence-corrected chi connectivity index (χ2v) is 7.24. The second-order valence-electron chi connectivity index (χ2n) is 7.24. The van der Waals surface area contributed by atoms with Crippen molar-refractivity contribution in [3.63, 3.8) is 0 Å². The lowest BCUT2D eigenvalue weighted by Crippen LogP contribution is -2.53. The van der Waals surface area contributed by atoms with Gasteiger partial charge in [0.25, 0.3) is 0 Å². The molecule has 0 bridgehead atoms. The summed E-state index contributed by atoms with van der Waals surface area (Å²) >= 11 is 0. The van der Waals surface area contributed by atoms with Crippen molar-refractivity contribution in [2.24, 2.45) is 0 Å². The van der Waals surface area contributed by atoms with E-state index in [0.29, 0.717) is 12.1 Å². The molecule has 0 saturated carbocycles. The van der Waals surface area contributed by atoms with E-state index in [1.807, 2.05) is 25.1 Å². The first-order chi connectivity index (χ1) is 14.9. The SMILES string of the molecule is CCCC[C@H](NC(=O)[C@H](Cc1ccccc1)NC(=O)O)C(=O)Nc1ccc(CO)cc1. The monoisotopic (exact) mass is 427 g/mol. The fourth-order valence-corrected chi connectivity index (χ4v) is 3.08. The molecule has 31 heavy (non-hydrogen) atoms. The van der Waals surface area contributed by atoms with Crippen LogP contribution in [0.5, 0.6) is 0 Å². The van der Waals surface area contributed by atoms with Crippen LogP contribution < -0.4 is 16.0 Å². The van der Waals surface area contributed by atoms with E-state index >= 15 is 0 Å². The number of aliphatic hydroxyl groups excluding tert-OH is 1. The molecule has 0 spiro atoms. The first-order valence-corrected chi connectivity index (χ1v) is 10.3. The van der Waals surface area contributed by atoms with Gasteiger partial charge in [0.05, 0.1) is 6.61 Å². The summed E-state index contributed by atoms with van der Waals surface area (Å²) in [7, 11) is 0. The molecule has 5 N–H and O–H groups in total. The molecule has 0 aliphatic carbocycles. The topological polar surface area (TPSA) is 128 Å². The smallest absolute Gasteiger partial charge is 0.405 e. The molecule has 2 aromatic rings. The molecule has 0 fully saturated rings. The van der Waals surface area contributed by atoms with Crippen molar-refractivity contribution < 1.29 is 24.6 Å². The molecule has 2 aromatic carbocycles. The molecular formula is C23H29N3O5. The van der Waals surface area contributed by atoms with Crippen molar-refractivity contribution in [1.82, 2.24) is 10.6 Å². The highest BCUT2D eigenvalue weighted by atomic mass is 16.4. The molecule has 0 radical (unpaired) electrons. The molecule has 0 aliphatic rings. The van der Waals surface area contributed by atoms with Gasteiger partial charge in [-0.1, -0.05) is 62.2 Å². The van der Waals surface area contributed by atoms with Crippen LogP contribution in [0.15, 0.2) is 54.6 Å². The second kappa shape index (κ2) is 12.3. The number of hydrogen-bond donors (Lipinski definition) is 5. The first-order valence-electron chi connectivity index (χ1n) is 10.3. The Morgan fingerprint density at radius 3 is 2.13 bits per heavy atom. The van der Waals surface area contributed by atoms with E-state index in [2.05, 4.69) is 16.0 Å². The Morgan fingerprint density at radius 2 is 1.55 bits per heavy atom. The van der Waals surface area contributed by atoms with Gasteiger partial charge in [-0.3, -0.25) is 9.59 Å². The quantitative estimate of drug-likeness (QED) is 0.377. The number of amides is 3. The lowest BCUT2D eigenvalue weighted by molar-refractivity contribution is -0.128. The third-order valence-electron chi connectivity index (χ3n) is 4.78. The van der Waals surface area contributed by atoms with E-state index in [1.54, 1.807) is 36.4 Å². The lowest BCUT2D eigenvalue weighted by atomic mass is 10.0. The summed E-state index contributed by atoms with van der Waals surface area (Å²) in [6.07, 6.45) is 0.843. The van der Waals surface area contributed by atoms with Crippen molar-refractivity contribution in [2.75, 3.05) is 5.32 Å². The molecule has 0 aromatic heterocycles. The van der Waals surface area contributed by atoms with Gasteiger partial charge in [0.1, 0.15) is 12.1 Å². The van der Waals surface area contributed by atoms with Crippen LogP contribution in [-0.2, 0) is 22.6 Å². The minimum atomic E-state index is -1.31. The maximum Gasteiger partial charge on any atom is 0.405 e. The predicted octanol–water partition coefficient (Wildman–Crippen LogP) is 2.67. The summed E-state index contributed by atoms with van der Waals surface area (Å²) in [5.74, 6) is -0.939. The van der Waals surface area contributed by atoms with Gasteiger partial charge >= 0.3 is 6.09 Å². The molecule has 8 nitrogen and oxygen atoms in total. The van der Waals surface area contributed by atoms with E-state index in [1.165, 1.54) is 0 Å². The molecule has 8 heteroatoms. The van der Waals surface area contributed by atoms with Gasteiger partial charge in [0.15, 0.2) is 0 Å². The summed E-state index contributed by atoms with van der Waals surface area (Å²) in [5, 5.41) is 26.0. The summed E-state index contributed by atoms with van der Waals surface area (Å²) in [6, 6.07) is 14.0. The molecule has 166 valence electrons. The van der Waals surface area contributed by atoms with E-state index < -0.39 is 24.1 Å². The third kappa shape index (κ3) is 8.10. The van der Waals surface area contributed by atoms with Crippen molar-refractivity contribution in [1.29, 1.82) is 0 Å². The molecule has 0 aliphatic heterocycles. The third-order valence-corrected chi connectivity index (χ3v) is 4.78. The standard InChI is InChI=1S/C23H29N3O5/c1-2-3-9-19(21(28)24-18-12-10-17(15-27)11-13-18)25-22(29)20(26-23(30)31)14-16-7-5-4-6-8-16/h4-8,10-13,19-20,26-27H,2-3,9,14-15H2,1H3,(H,24,28)(H,25,29)(H,30,31)/t19-,20-/m0/s1. The molecular weight excluding hydrogens is 398 g/mol. The Morgan fingerprint density at radius 1 is 0.871 bits per heavy atom. The molecule has 2 atom stereocenters. The van der Waals surface area contributed by atoms with E-state index in [0.717, 1.165) is 24.0 Å². The van der Waals surface area contributed by atoms with E-state index in [-0.39, 0.29) is 18.9 Å². The van der Waals surface area contributed by atoms with Crippen molar-refractivity contribution >= 4 is 23.6 Å². The van der Waals surface area contributed by atoms with Gasteiger partial charge in [-0.05, 0) is 29.7 Å². The van der Waals surface area contributed by atoms with Gasteiger partial charge in [0, 0.05) is 12.1 Å². The number of carbonyl (C=O) groups excluding carboxylic acids is 2. The van der Waals surface area contributed by atoms with Crippen LogP contribution in [0, 0.1) is 0 Å². The van der Waals surface area contributed by atoms with Crippen LogP contribution in [0.4, 0.5) is 10.5 Å². The van der Waals surface area contributed by atoms with E-state index in [4.69, 9.17) is 10.2 Å². The Bertz CT molecular complexity index is 855. The molecule has 3 amide bonds. The average molecular weight is 428 g/mol. The predicted molar refractivity (Wildman–Crippen MR) is 118 cm³/mol. The van der Waals surface area contributed by atoms with Crippen LogP contribution in [0.2, 0.25) is 0 Å². The molecule has 0 unspecified atom stereocenters. The van der Waals surface area contributed by atoms with Gasteiger partial charge in [0.2, 0.25) is 11.8 Å². The number of anilines is 1. The van der Waals surface area contributed by atoms with Gasteiger partial charge in [-0.15, -0.1) is 0 Å². The summed E-state index contributed by atoms with van der Waals surface area (Å²) in [5.41, 5.74) is 2.06. The molecule has 0 heterocycles. The van der Waals surface area contributed by atoms with Gasteiger partial charge in [-0.25, -0.2) is 4.79 Å². The normalized spacial score (nSPS) is 12.5. The minimum Gasteiger partial charge on any atom is -0.465 e. The summed E-state index contributed by atoms with van der Waals surface area (Å²) in [6.45, 7) is 1.89. The van der Waals surface area contributed by atoms with Crippen molar-refractivity contribution in [3.05, 3.63) is 65.7 Å². The Hall–Kier alpha value is -3.39. The Labute approximate surface area is 181 Å². The van der Waals surface area contributed by atoms with Gasteiger partial charge < -0.3 is 26.2 Å². The maximum atomic E-state index is 12.9. The van der Waals surface area contributed by atoms with Crippen LogP contribution in [0.3, 0.4) is 0 Å². The Kier molecular flexibility index (Phi) is 9.51. The lowest BCUT2D eigenvalue weighted by Gasteiger charge is -2.22. The number of hydrogen-bond acceptors (Lipinski definition) is 4. The highest BCUT2D eigenvalue weighted by molar-refractivity contribution is 5.98.